The molecular formula is C3H9INOPS. The first-order chi connectivity index (χ1) is 3.72. The van der Waals surface area contributed by atoms with Crippen LogP contribution in [0.5, 0.6) is 0 Å². The Hall–Kier alpha value is 0.980. The van der Waals surface area contributed by atoms with Gasteiger partial charge in [0.25, 0.3) is 0 Å². The molecule has 0 aromatic heterocycles. The summed E-state index contributed by atoms with van der Waals surface area (Å²) in [5.74, 6) is 0. The van der Waals surface area contributed by atoms with Crippen LogP contribution in [0.3, 0.4) is 0 Å². The van der Waals surface area contributed by atoms with Crippen molar-refractivity contribution >= 4 is 34.8 Å². The van der Waals surface area contributed by atoms with E-state index in [2.05, 4.69) is 4.74 Å². The number of halogens is 1. The van der Waals surface area contributed by atoms with Crippen molar-refractivity contribution in [1.82, 2.24) is 0 Å². The summed E-state index contributed by atoms with van der Waals surface area (Å²) in [6, 6.07) is 0. The van der Waals surface area contributed by atoms with Crippen molar-refractivity contribution in [2.75, 3.05) is 13.2 Å². The fourth-order valence-electron chi connectivity index (χ4n) is 0.323. The largest absolute Gasteiger partial charge is 0.269 e. The van der Waals surface area contributed by atoms with Crippen LogP contribution in [0.25, 0.3) is 0 Å². The molecule has 0 rings (SSSR count). The molecule has 0 saturated carbocycles. The maximum Gasteiger partial charge on any atom is 0.0497 e. The molecule has 0 spiro atoms. The molecule has 0 radical (unpaired) electrons. The van der Waals surface area contributed by atoms with Gasteiger partial charge in [-0.25, -0.2) is 0 Å². The van der Waals surface area contributed by atoms with Gasteiger partial charge in [0.05, 0.1) is 0 Å². The number of hydrogen-bond acceptors (Lipinski definition) is 2. The average molecular weight is 265 g/mol. The smallest absolute Gasteiger partial charge is 0.0497 e. The number of hydrogen-bond donors (Lipinski definition) is 1. The molecule has 2 unspecified atom stereocenters. The zero-order chi connectivity index (χ0) is 6.57. The molecule has 0 saturated heterocycles. The lowest BCUT2D eigenvalue weighted by atomic mass is 11.0. The highest BCUT2D eigenvalue weighted by atomic mass is 127. The van der Waals surface area contributed by atoms with Gasteiger partial charge in [0.15, 0.2) is 0 Å². The van der Waals surface area contributed by atoms with Crippen LogP contribution < -0.4 is 0 Å². The quantitative estimate of drug-likeness (QED) is 0.334. The van der Waals surface area contributed by atoms with Crippen molar-refractivity contribution in [3.63, 3.8) is 0 Å². The summed E-state index contributed by atoms with van der Waals surface area (Å²) in [6.45, 7) is 1.52. The third kappa shape index (κ3) is 3.10. The van der Waals surface area contributed by atoms with E-state index < -0.39 is 13.6 Å². The molecule has 0 aromatic rings. The second-order valence-corrected chi connectivity index (χ2v) is 10.7. The van der Waals surface area contributed by atoms with Crippen LogP contribution in [0.4, 0.5) is 0 Å². The predicted octanol–water partition coefficient (Wildman–Crippen LogP) is 2.05. The highest BCUT2D eigenvalue weighted by Crippen LogP contribution is 2.16. The van der Waals surface area contributed by atoms with E-state index in [4.69, 9.17) is 0 Å². The number of thiol groups is 1. The van der Waals surface area contributed by atoms with Crippen molar-refractivity contribution in [1.29, 1.82) is 0 Å². The highest BCUT2D eigenvalue weighted by Gasteiger charge is 1.77. The second-order valence-electron chi connectivity index (χ2n) is 1.11. The maximum absolute atomic E-state index is 10.7. The molecule has 2 nitrogen and oxygen atoms in total. The second kappa shape index (κ2) is 4.82. The van der Waals surface area contributed by atoms with E-state index in [1.54, 1.807) is 7.05 Å². The Balaban J connectivity index is 4.63. The minimum Gasteiger partial charge on any atom is -0.269 e. The van der Waals surface area contributed by atoms with Crippen LogP contribution >= 0.6 is 27.7 Å². The third-order valence-electron chi connectivity index (χ3n) is 0.695. The zero-order valence-electron chi connectivity index (χ0n) is 4.83. The van der Waals surface area contributed by atoms with E-state index in [9.17, 15) is 4.21 Å². The van der Waals surface area contributed by atoms with E-state index in [0.29, 0.717) is 0 Å². The van der Waals surface area contributed by atoms with Crippen molar-refractivity contribution in [2.24, 2.45) is 4.74 Å². The minimum absolute atomic E-state index is 0.494. The van der Waals surface area contributed by atoms with Crippen LogP contribution in [0, 0.1) is 0 Å². The monoisotopic (exact) mass is 265 g/mol. The third-order valence-corrected chi connectivity index (χ3v) is 9.04. The van der Waals surface area contributed by atoms with Crippen molar-refractivity contribution in [3.8, 4) is 0 Å². The Morgan fingerprint density at radius 2 is 2.38 bits per heavy atom. The van der Waals surface area contributed by atoms with Crippen molar-refractivity contribution in [2.45, 2.75) is 6.92 Å². The number of rotatable bonds is 1. The first-order valence-corrected chi connectivity index (χ1v) is 8.45. The van der Waals surface area contributed by atoms with Gasteiger partial charge in [-0.05, 0) is 0 Å². The Morgan fingerprint density at radius 3 is 2.38 bits per heavy atom. The first kappa shape index (κ1) is 8.98. The van der Waals surface area contributed by atoms with E-state index in [1.165, 1.54) is 0 Å². The van der Waals surface area contributed by atoms with Gasteiger partial charge in [0, 0.05) is 48.1 Å². The lowest BCUT2D eigenvalue weighted by molar-refractivity contribution is 0.700. The average Bonchev–Trinajstić information content (AvgIpc) is 1.69. The zero-order valence-corrected chi connectivity index (χ0v) is 8.78. The predicted molar refractivity (Wildman–Crippen MR) is 49.4 cm³/mol. The summed E-state index contributed by atoms with van der Waals surface area (Å²) in [4.78, 5) is 0. The molecule has 0 bridgehead atoms. The number of nitrogens with zero attached hydrogens (tertiary/aromatic N) is 1. The molecular weight excluding hydrogens is 256 g/mol. The van der Waals surface area contributed by atoms with Gasteiger partial charge in [0.2, 0.25) is 0 Å². The van der Waals surface area contributed by atoms with E-state index in [-0.39, 0.29) is 0 Å². The topological polar surface area (TPSA) is 29.4 Å². The summed E-state index contributed by atoms with van der Waals surface area (Å²) in [5, 5.41) is 0. The van der Waals surface area contributed by atoms with Crippen LogP contribution in [0.2, 0.25) is 0 Å². The van der Waals surface area contributed by atoms with Crippen LogP contribution in [-0.4, -0.2) is 17.4 Å². The summed E-state index contributed by atoms with van der Waals surface area (Å²) in [5.41, 5.74) is 0. The molecule has 5 heteroatoms. The fraction of sp³-hybridized carbons (Fsp3) is 1.00. The van der Waals surface area contributed by atoms with Crippen LogP contribution in [0.1, 0.15) is 6.92 Å². The van der Waals surface area contributed by atoms with Gasteiger partial charge < -0.3 is 0 Å². The maximum atomic E-state index is 10.7. The summed E-state index contributed by atoms with van der Waals surface area (Å²) >= 11 is 1.95. The van der Waals surface area contributed by atoms with Crippen molar-refractivity contribution < 1.29 is 4.21 Å². The molecule has 0 aliphatic heterocycles. The Labute approximate surface area is 63.8 Å². The van der Waals surface area contributed by atoms with Gasteiger partial charge in [-0.2, -0.15) is 0 Å². The molecule has 0 aromatic carbocycles. The molecule has 2 atom stereocenters. The van der Waals surface area contributed by atoms with Crippen LogP contribution in [0.15, 0.2) is 4.74 Å². The van der Waals surface area contributed by atoms with Gasteiger partial charge in [-0.1, -0.05) is 6.92 Å². The van der Waals surface area contributed by atoms with Gasteiger partial charge >= 0.3 is 0 Å². The van der Waals surface area contributed by atoms with Crippen molar-refractivity contribution in [3.05, 3.63) is 0 Å². The SMILES string of the molecule is CCP(=NC)=[SH](=O)I. The molecule has 0 aliphatic rings. The van der Waals surface area contributed by atoms with Gasteiger partial charge in [-0.15, -0.1) is 0 Å². The minimum atomic E-state index is -1.05. The van der Waals surface area contributed by atoms with E-state index in [1.807, 2.05) is 28.1 Å². The Bertz CT molecular complexity index is 189. The van der Waals surface area contributed by atoms with Gasteiger partial charge in [0.1, 0.15) is 0 Å². The van der Waals surface area contributed by atoms with Gasteiger partial charge in [-0.3, -0.25) is 8.95 Å². The summed E-state index contributed by atoms with van der Waals surface area (Å²) < 4.78 is 14.7. The Kier molecular flexibility index (Phi) is 5.41. The molecule has 0 N–H and O–H groups in total. The first-order valence-electron chi connectivity index (χ1n) is 2.22. The molecule has 50 valence electrons. The normalized spacial score (nSPS) is 16.1. The lowest BCUT2D eigenvalue weighted by Gasteiger charge is -1.80. The summed E-state index contributed by atoms with van der Waals surface area (Å²) in [6.07, 6.45) is 0.948. The highest BCUT2D eigenvalue weighted by molar-refractivity contribution is 14.2. The molecule has 0 heterocycles. The molecule has 8 heavy (non-hydrogen) atoms. The molecule has 0 amide bonds. The molecule has 0 aliphatic carbocycles. The standard InChI is InChI=1S/C3H9INOPS/c1-3-7(5-2)8(4)6/h8H,3H2,1-2H3. The lowest BCUT2D eigenvalue weighted by Crippen LogP contribution is -1.57. The van der Waals surface area contributed by atoms with Crippen LogP contribution in [-0.2, 0) is 7.15 Å². The fourth-order valence-corrected chi connectivity index (χ4v) is 6.54. The van der Waals surface area contributed by atoms with E-state index in [0.717, 1.165) is 6.16 Å². The Morgan fingerprint density at radius 1 is 1.88 bits per heavy atom. The van der Waals surface area contributed by atoms with E-state index >= 15 is 0 Å². The summed E-state index contributed by atoms with van der Waals surface area (Å²) in [7, 11) is 0.691. The molecule has 0 fully saturated rings.